The van der Waals surface area contributed by atoms with Gasteiger partial charge in [0, 0.05) is 11.4 Å². The van der Waals surface area contributed by atoms with Crippen LogP contribution in [-0.4, -0.2) is 16.4 Å². The molecule has 0 bridgehead atoms. The van der Waals surface area contributed by atoms with Crippen molar-refractivity contribution in [2.75, 3.05) is 5.33 Å². The van der Waals surface area contributed by atoms with Gasteiger partial charge in [-0.05, 0) is 19.3 Å². The minimum atomic E-state index is -0.851. The van der Waals surface area contributed by atoms with E-state index in [4.69, 9.17) is 5.11 Å². The second-order valence-corrected chi connectivity index (χ2v) is 3.43. The summed E-state index contributed by atoms with van der Waals surface area (Å²) in [5.74, 6) is -0.851. The number of carboxylic acid groups (broad SMARTS) is 1. The summed E-state index contributed by atoms with van der Waals surface area (Å²) in [5, 5.41) is 9.33. The zero-order chi connectivity index (χ0) is 9.23. The monoisotopic (exact) mass is 234 g/mol. The summed E-state index contributed by atoms with van der Waals surface area (Å²) in [6.07, 6.45) is 8.54. The molecule has 0 aliphatic rings. The molecule has 0 aromatic heterocycles. The molecular formula is C9H15BrO2. The summed E-state index contributed by atoms with van der Waals surface area (Å²) in [6, 6.07) is 0. The molecule has 0 unspecified atom stereocenters. The highest BCUT2D eigenvalue weighted by molar-refractivity contribution is 9.09. The zero-order valence-corrected chi connectivity index (χ0v) is 8.72. The maximum absolute atomic E-state index is 10.0. The lowest BCUT2D eigenvalue weighted by atomic mass is 10.1. The number of halogens is 1. The molecule has 0 fully saturated rings. The van der Waals surface area contributed by atoms with E-state index in [2.05, 4.69) is 15.9 Å². The van der Waals surface area contributed by atoms with Crippen molar-refractivity contribution < 1.29 is 9.90 Å². The van der Waals surface area contributed by atoms with E-state index >= 15 is 0 Å². The summed E-state index contributed by atoms with van der Waals surface area (Å²) >= 11 is 3.36. The molecule has 0 spiro atoms. The molecule has 0 aliphatic heterocycles. The van der Waals surface area contributed by atoms with Crippen LogP contribution in [0.25, 0.3) is 0 Å². The third-order valence-corrected chi connectivity index (χ3v) is 2.08. The Labute approximate surface area is 81.8 Å². The number of carboxylic acids is 1. The molecule has 0 radical (unpaired) electrons. The Hall–Kier alpha value is -0.310. The number of hydrogen-bond acceptors (Lipinski definition) is 1. The van der Waals surface area contributed by atoms with Crippen LogP contribution in [0.15, 0.2) is 12.2 Å². The molecule has 3 heteroatoms. The molecule has 1 N–H and O–H groups in total. The van der Waals surface area contributed by atoms with Gasteiger partial charge in [0.25, 0.3) is 0 Å². The smallest absolute Gasteiger partial charge is 0.327 e. The van der Waals surface area contributed by atoms with Gasteiger partial charge in [0.15, 0.2) is 0 Å². The molecule has 0 aromatic carbocycles. The lowest BCUT2D eigenvalue weighted by molar-refractivity contribution is -0.131. The van der Waals surface area contributed by atoms with Crippen LogP contribution in [0.2, 0.25) is 0 Å². The second-order valence-electron chi connectivity index (χ2n) is 2.63. The second kappa shape index (κ2) is 8.78. The van der Waals surface area contributed by atoms with Gasteiger partial charge < -0.3 is 5.11 Å². The zero-order valence-electron chi connectivity index (χ0n) is 7.13. The molecule has 0 amide bonds. The number of allylic oxidation sites excluding steroid dienone is 1. The Morgan fingerprint density at radius 2 is 1.92 bits per heavy atom. The fourth-order valence-corrected chi connectivity index (χ4v) is 1.29. The van der Waals surface area contributed by atoms with Crippen molar-refractivity contribution in [1.82, 2.24) is 0 Å². The lowest BCUT2D eigenvalue weighted by Gasteiger charge is -1.94. The van der Waals surface area contributed by atoms with E-state index in [1.54, 1.807) is 6.08 Å². The molecule has 12 heavy (non-hydrogen) atoms. The normalized spacial score (nSPS) is 10.8. The van der Waals surface area contributed by atoms with Gasteiger partial charge in [-0.25, -0.2) is 4.79 Å². The van der Waals surface area contributed by atoms with Gasteiger partial charge >= 0.3 is 5.97 Å². The van der Waals surface area contributed by atoms with Crippen LogP contribution >= 0.6 is 15.9 Å². The van der Waals surface area contributed by atoms with Crippen molar-refractivity contribution in [2.45, 2.75) is 32.1 Å². The first kappa shape index (κ1) is 11.7. The summed E-state index contributed by atoms with van der Waals surface area (Å²) < 4.78 is 0. The number of aliphatic carboxylic acids is 1. The van der Waals surface area contributed by atoms with E-state index in [9.17, 15) is 4.79 Å². The molecule has 0 saturated carbocycles. The van der Waals surface area contributed by atoms with Crippen molar-refractivity contribution in [1.29, 1.82) is 0 Å². The SMILES string of the molecule is O=C(O)/C=C/CCCCCCBr. The van der Waals surface area contributed by atoms with Gasteiger partial charge in [-0.2, -0.15) is 0 Å². The van der Waals surface area contributed by atoms with Crippen LogP contribution in [0.1, 0.15) is 32.1 Å². The van der Waals surface area contributed by atoms with Crippen LogP contribution in [-0.2, 0) is 4.79 Å². The third kappa shape index (κ3) is 9.69. The number of alkyl halides is 1. The maximum Gasteiger partial charge on any atom is 0.327 e. The largest absolute Gasteiger partial charge is 0.478 e. The molecule has 0 rings (SSSR count). The Balaban J connectivity index is 3.05. The molecule has 0 aromatic rings. The predicted molar refractivity (Wildman–Crippen MR) is 53.7 cm³/mol. The van der Waals surface area contributed by atoms with Gasteiger partial charge in [0.05, 0.1) is 0 Å². The fourth-order valence-electron chi connectivity index (χ4n) is 0.894. The van der Waals surface area contributed by atoms with E-state index in [0.717, 1.165) is 18.2 Å². The third-order valence-electron chi connectivity index (χ3n) is 1.51. The molecular weight excluding hydrogens is 220 g/mol. The molecule has 0 atom stereocenters. The molecule has 70 valence electrons. The number of rotatable bonds is 7. The number of carbonyl (C=O) groups is 1. The van der Waals surface area contributed by atoms with Gasteiger partial charge in [-0.3, -0.25) is 0 Å². The summed E-state index contributed by atoms with van der Waals surface area (Å²) in [5.41, 5.74) is 0. The average molecular weight is 235 g/mol. The number of hydrogen-bond donors (Lipinski definition) is 1. The molecule has 0 saturated heterocycles. The lowest BCUT2D eigenvalue weighted by Crippen LogP contribution is -1.85. The van der Waals surface area contributed by atoms with Crippen molar-refractivity contribution in [2.24, 2.45) is 0 Å². The van der Waals surface area contributed by atoms with Crippen LogP contribution in [0, 0.1) is 0 Å². The molecule has 2 nitrogen and oxygen atoms in total. The summed E-state index contributed by atoms with van der Waals surface area (Å²) in [4.78, 5) is 10.0. The van der Waals surface area contributed by atoms with E-state index in [1.165, 1.54) is 25.3 Å². The first-order valence-corrected chi connectivity index (χ1v) is 5.35. The minimum Gasteiger partial charge on any atom is -0.478 e. The average Bonchev–Trinajstić information content (AvgIpc) is 2.02. The Bertz CT molecular complexity index is 143. The maximum atomic E-state index is 10.0. The van der Waals surface area contributed by atoms with Crippen molar-refractivity contribution in [3.63, 3.8) is 0 Å². The van der Waals surface area contributed by atoms with Crippen LogP contribution in [0.4, 0.5) is 0 Å². The van der Waals surface area contributed by atoms with Gasteiger partial charge in [-0.15, -0.1) is 0 Å². The van der Waals surface area contributed by atoms with Gasteiger partial charge in [0.1, 0.15) is 0 Å². The van der Waals surface area contributed by atoms with Crippen molar-refractivity contribution in [3.05, 3.63) is 12.2 Å². The minimum absolute atomic E-state index is 0.851. The first-order valence-electron chi connectivity index (χ1n) is 4.23. The highest BCUT2D eigenvalue weighted by atomic mass is 79.9. The fraction of sp³-hybridized carbons (Fsp3) is 0.667. The van der Waals surface area contributed by atoms with E-state index in [-0.39, 0.29) is 0 Å². The summed E-state index contributed by atoms with van der Waals surface area (Å²) in [6.45, 7) is 0. The highest BCUT2D eigenvalue weighted by Crippen LogP contribution is 2.04. The van der Waals surface area contributed by atoms with Crippen LogP contribution < -0.4 is 0 Å². The Kier molecular flexibility index (Phi) is 8.56. The van der Waals surface area contributed by atoms with E-state index < -0.39 is 5.97 Å². The molecule has 0 aliphatic carbocycles. The van der Waals surface area contributed by atoms with Crippen LogP contribution in [0.5, 0.6) is 0 Å². The number of unbranched alkanes of at least 4 members (excludes halogenated alkanes) is 4. The standard InChI is InChI=1S/C9H15BrO2/c10-8-6-4-2-1-3-5-7-9(11)12/h5,7H,1-4,6,8H2,(H,11,12)/b7-5+. The molecule has 0 heterocycles. The topological polar surface area (TPSA) is 37.3 Å². The first-order chi connectivity index (χ1) is 5.77. The quantitative estimate of drug-likeness (QED) is 0.418. The summed E-state index contributed by atoms with van der Waals surface area (Å²) in [7, 11) is 0. The highest BCUT2D eigenvalue weighted by Gasteiger charge is 1.88. The van der Waals surface area contributed by atoms with Crippen molar-refractivity contribution >= 4 is 21.9 Å². The Morgan fingerprint density at radius 3 is 2.50 bits per heavy atom. The predicted octanol–water partition coefficient (Wildman–Crippen LogP) is 2.97. The van der Waals surface area contributed by atoms with Gasteiger partial charge in [0.2, 0.25) is 0 Å². The van der Waals surface area contributed by atoms with Gasteiger partial charge in [-0.1, -0.05) is 34.8 Å². The Morgan fingerprint density at radius 1 is 1.25 bits per heavy atom. The van der Waals surface area contributed by atoms with Crippen LogP contribution in [0.3, 0.4) is 0 Å². The van der Waals surface area contributed by atoms with E-state index in [1.807, 2.05) is 0 Å². The van der Waals surface area contributed by atoms with Crippen molar-refractivity contribution in [3.8, 4) is 0 Å². The van der Waals surface area contributed by atoms with E-state index in [0.29, 0.717) is 0 Å².